The number of carbonyl (C=O) groups excluding carboxylic acids is 2. The first-order valence-electron chi connectivity index (χ1n) is 7.26. The molecule has 0 atom stereocenters. The molecule has 6 nitrogen and oxygen atoms in total. The van der Waals surface area contributed by atoms with Crippen LogP contribution in [0.5, 0.6) is 5.75 Å². The maximum atomic E-state index is 12.0. The van der Waals surface area contributed by atoms with Crippen LogP contribution in [0, 0.1) is 0 Å². The van der Waals surface area contributed by atoms with E-state index in [9.17, 15) is 14.7 Å². The number of nitrogens with one attached hydrogen (secondary N) is 2. The lowest BCUT2D eigenvalue weighted by molar-refractivity contribution is -0.114. The monoisotopic (exact) mass is 303 g/mol. The lowest BCUT2D eigenvalue weighted by atomic mass is 10.1. The molecule has 0 heterocycles. The van der Waals surface area contributed by atoms with Crippen LogP contribution in [0.3, 0.4) is 0 Å². The van der Waals surface area contributed by atoms with Gasteiger partial charge in [-0.15, -0.1) is 0 Å². The number of benzene rings is 1. The lowest BCUT2D eigenvalue weighted by Gasteiger charge is -2.15. The summed E-state index contributed by atoms with van der Waals surface area (Å²) in [6.07, 6.45) is 1.10. The van der Waals surface area contributed by atoms with Crippen LogP contribution in [0.2, 0.25) is 0 Å². The maximum absolute atomic E-state index is 12.0. The van der Waals surface area contributed by atoms with E-state index in [2.05, 4.69) is 10.6 Å². The summed E-state index contributed by atoms with van der Waals surface area (Å²) in [4.78, 5) is 25.4. The van der Waals surface area contributed by atoms with Gasteiger partial charge in [-0.2, -0.15) is 0 Å². The third kappa shape index (κ3) is 3.05. The molecule has 0 saturated heterocycles. The number of aromatic hydroxyl groups is 1. The molecule has 0 spiro atoms. The summed E-state index contributed by atoms with van der Waals surface area (Å²) in [6.45, 7) is 2.68. The highest BCUT2D eigenvalue weighted by Gasteiger charge is 2.24. The molecule has 0 radical (unpaired) electrons. The minimum Gasteiger partial charge on any atom is -0.505 e. The van der Waals surface area contributed by atoms with Crippen LogP contribution in [0.4, 0.5) is 5.69 Å². The standard InChI is InChI=1S/C16H21N3O3/c1-4-17-11-8-9-13(20)14(11)18-12-7-5-6-10(15(12)21)16(22)19(2)3/h5-7,17-18,21H,4,8-9H2,1-3H3. The van der Waals surface area contributed by atoms with Gasteiger partial charge < -0.3 is 20.6 Å². The molecule has 1 aliphatic rings. The average Bonchev–Trinajstić information content (AvgIpc) is 2.82. The van der Waals surface area contributed by atoms with Gasteiger partial charge in [-0.25, -0.2) is 0 Å². The first-order valence-corrected chi connectivity index (χ1v) is 7.26. The van der Waals surface area contributed by atoms with Crippen molar-refractivity contribution in [2.24, 2.45) is 0 Å². The summed E-state index contributed by atoms with van der Waals surface area (Å²) in [5.41, 5.74) is 1.86. The number of phenols is 1. The highest BCUT2D eigenvalue weighted by molar-refractivity contribution is 6.03. The summed E-state index contributed by atoms with van der Waals surface area (Å²) in [5.74, 6) is -0.441. The largest absolute Gasteiger partial charge is 0.505 e. The van der Waals surface area contributed by atoms with Crippen LogP contribution < -0.4 is 10.6 Å². The third-order valence-electron chi connectivity index (χ3n) is 3.51. The Bertz CT molecular complexity index is 636. The Morgan fingerprint density at radius 2 is 2.05 bits per heavy atom. The van der Waals surface area contributed by atoms with Crippen LogP contribution >= 0.6 is 0 Å². The van der Waals surface area contributed by atoms with Crippen molar-refractivity contribution in [3.8, 4) is 5.75 Å². The zero-order chi connectivity index (χ0) is 16.3. The van der Waals surface area contributed by atoms with Crippen molar-refractivity contribution < 1.29 is 14.7 Å². The number of hydrogen-bond acceptors (Lipinski definition) is 5. The fourth-order valence-electron chi connectivity index (χ4n) is 2.38. The van der Waals surface area contributed by atoms with Crippen molar-refractivity contribution in [3.05, 3.63) is 35.2 Å². The van der Waals surface area contributed by atoms with E-state index in [1.807, 2.05) is 6.92 Å². The zero-order valence-corrected chi connectivity index (χ0v) is 13.1. The van der Waals surface area contributed by atoms with Crippen LogP contribution in [0.1, 0.15) is 30.1 Å². The molecular weight excluding hydrogens is 282 g/mol. The molecule has 1 aliphatic carbocycles. The molecule has 118 valence electrons. The molecule has 3 N–H and O–H groups in total. The van der Waals surface area contributed by atoms with E-state index >= 15 is 0 Å². The van der Waals surface area contributed by atoms with E-state index in [4.69, 9.17) is 0 Å². The molecule has 0 fully saturated rings. The number of anilines is 1. The first-order chi connectivity index (χ1) is 10.5. The molecule has 1 amide bonds. The maximum Gasteiger partial charge on any atom is 0.257 e. The van der Waals surface area contributed by atoms with Gasteiger partial charge in [0, 0.05) is 32.8 Å². The van der Waals surface area contributed by atoms with Crippen molar-refractivity contribution in [2.75, 3.05) is 26.0 Å². The third-order valence-corrected chi connectivity index (χ3v) is 3.51. The second-order valence-corrected chi connectivity index (χ2v) is 5.33. The Kier molecular flexibility index (Phi) is 4.70. The minimum atomic E-state index is -0.292. The van der Waals surface area contributed by atoms with Crippen molar-refractivity contribution >= 4 is 17.4 Å². The molecule has 22 heavy (non-hydrogen) atoms. The Balaban J connectivity index is 2.34. The zero-order valence-electron chi connectivity index (χ0n) is 13.1. The Labute approximate surface area is 129 Å². The van der Waals surface area contributed by atoms with Crippen molar-refractivity contribution in [1.82, 2.24) is 10.2 Å². The molecule has 0 aliphatic heterocycles. The second kappa shape index (κ2) is 6.51. The fourth-order valence-corrected chi connectivity index (χ4v) is 2.38. The molecular formula is C16H21N3O3. The SMILES string of the molecule is CCNC1=C(Nc2cccc(C(=O)N(C)C)c2O)C(=O)CC1. The summed E-state index contributed by atoms with van der Waals surface area (Å²) >= 11 is 0. The van der Waals surface area contributed by atoms with Gasteiger partial charge in [0.25, 0.3) is 5.91 Å². The normalized spacial score (nSPS) is 14.2. The average molecular weight is 303 g/mol. The number of rotatable bonds is 5. The molecule has 1 aromatic carbocycles. The number of ketones is 1. The quantitative estimate of drug-likeness (QED) is 0.721. The molecule has 6 heteroatoms. The molecule has 2 rings (SSSR count). The van der Waals surface area contributed by atoms with E-state index < -0.39 is 0 Å². The second-order valence-electron chi connectivity index (χ2n) is 5.33. The lowest BCUT2D eigenvalue weighted by Crippen LogP contribution is -2.22. The Morgan fingerprint density at radius 3 is 2.68 bits per heavy atom. The molecule has 1 aromatic rings. The highest BCUT2D eigenvalue weighted by atomic mass is 16.3. The van der Waals surface area contributed by atoms with Gasteiger partial charge in [-0.1, -0.05) is 6.07 Å². The van der Waals surface area contributed by atoms with Crippen LogP contribution in [0.25, 0.3) is 0 Å². The predicted octanol–water partition coefficient (Wildman–Crippen LogP) is 1.69. The van der Waals surface area contributed by atoms with E-state index in [1.165, 1.54) is 4.90 Å². The first kappa shape index (κ1) is 15.9. The minimum absolute atomic E-state index is 0.000288. The van der Waals surface area contributed by atoms with Crippen molar-refractivity contribution in [3.63, 3.8) is 0 Å². The molecule has 0 unspecified atom stereocenters. The molecule has 0 saturated carbocycles. The van der Waals surface area contributed by atoms with Gasteiger partial charge in [-0.3, -0.25) is 9.59 Å². The number of phenolic OH excluding ortho intramolecular Hbond substituents is 1. The summed E-state index contributed by atoms with van der Waals surface area (Å²) in [5, 5.41) is 16.4. The number of allylic oxidation sites excluding steroid dienone is 2. The topological polar surface area (TPSA) is 81.7 Å². The Hall–Kier alpha value is -2.50. The van der Waals surface area contributed by atoms with E-state index in [0.29, 0.717) is 24.2 Å². The van der Waals surface area contributed by atoms with Crippen molar-refractivity contribution in [2.45, 2.75) is 19.8 Å². The molecule has 0 aromatic heterocycles. The predicted molar refractivity (Wildman–Crippen MR) is 84.7 cm³/mol. The van der Waals surface area contributed by atoms with Crippen LogP contribution in [-0.4, -0.2) is 42.3 Å². The molecule has 0 bridgehead atoms. The number of carbonyl (C=O) groups is 2. The summed E-state index contributed by atoms with van der Waals surface area (Å²) in [6, 6.07) is 4.87. The van der Waals surface area contributed by atoms with Crippen molar-refractivity contribution in [1.29, 1.82) is 0 Å². The number of hydrogen-bond donors (Lipinski definition) is 3. The number of amides is 1. The number of para-hydroxylation sites is 1. The van der Waals surface area contributed by atoms with Gasteiger partial charge in [0.15, 0.2) is 11.5 Å². The Morgan fingerprint density at radius 1 is 1.32 bits per heavy atom. The van der Waals surface area contributed by atoms with Gasteiger partial charge in [-0.05, 0) is 25.5 Å². The van der Waals surface area contributed by atoms with E-state index in [1.54, 1.807) is 32.3 Å². The fraction of sp³-hybridized carbons (Fsp3) is 0.375. The van der Waals surface area contributed by atoms with Gasteiger partial charge in [0.05, 0.1) is 11.3 Å². The summed E-state index contributed by atoms with van der Waals surface area (Å²) < 4.78 is 0. The van der Waals surface area contributed by atoms with Gasteiger partial charge in [0.1, 0.15) is 5.70 Å². The van der Waals surface area contributed by atoms with Crippen LogP contribution in [0.15, 0.2) is 29.6 Å². The summed E-state index contributed by atoms with van der Waals surface area (Å²) in [7, 11) is 3.24. The van der Waals surface area contributed by atoms with Crippen LogP contribution in [-0.2, 0) is 4.79 Å². The van der Waals surface area contributed by atoms with E-state index in [-0.39, 0.29) is 23.0 Å². The number of nitrogens with zero attached hydrogens (tertiary/aromatic N) is 1. The van der Waals surface area contributed by atoms with E-state index in [0.717, 1.165) is 12.2 Å². The highest BCUT2D eigenvalue weighted by Crippen LogP contribution is 2.31. The van der Waals surface area contributed by atoms with Gasteiger partial charge in [0.2, 0.25) is 0 Å². The number of Topliss-reactive ketones (excluding diaryl/α,β-unsaturated/α-hetero) is 1. The smallest absolute Gasteiger partial charge is 0.257 e. The van der Waals surface area contributed by atoms with Gasteiger partial charge >= 0.3 is 0 Å².